The molecule has 0 atom stereocenters. The molecule has 1 aliphatic heterocycles. The smallest absolute Gasteiger partial charge is 0.410 e. The van der Waals surface area contributed by atoms with Gasteiger partial charge in [0.05, 0.1) is 0 Å². The van der Waals surface area contributed by atoms with E-state index >= 15 is 0 Å². The molecule has 1 aromatic carbocycles. The Morgan fingerprint density at radius 3 is 2.21 bits per heavy atom. The van der Waals surface area contributed by atoms with Crippen molar-refractivity contribution >= 4 is 16.3 Å². The Hall–Kier alpha value is -1.64. The minimum Gasteiger partial charge on any atom is -0.445 e. The number of nitrogens with zero attached hydrogens (tertiary/aromatic N) is 3. The number of hydrogen-bond donors (Lipinski definition) is 0. The van der Waals surface area contributed by atoms with Gasteiger partial charge in [0.25, 0.3) is 10.2 Å². The van der Waals surface area contributed by atoms with Crippen molar-refractivity contribution in [2.75, 3.05) is 39.3 Å². The van der Waals surface area contributed by atoms with E-state index in [-0.39, 0.29) is 6.61 Å². The first-order chi connectivity index (χ1) is 11.5. The molecule has 7 nitrogen and oxygen atoms in total. The maximum atomic E-state index is 12.5. The normalized spacial score (nSPS) is 16.4. The van der Waals surface area contributed by atoms with Gasteiger partial charge in [0.1, 0.15) is 6.61 Å². The topological polar surface area (TPSA) is 70.2 Å². The van der Waals surface area contributed by atoms with Crippen LogP contribution in [0.2, 0.25) is 0 Å². The Kier molecular flexibility index (Phi) is 6.59. The number of hydrogen-bond acceptors (Lipinski definition) is 4. The number of rotatable bonds is 6. The van der Waals surface area contributed by atoms with Gasteiger partial charge in [-0.3, -0.25) is 0 Å². The molecule has 0 bridgehead atoms. The van der Waals surface area contributed by atoms with Gasteiger partial charge in [0.15, 0.2) is 0 Å². The Morgan fingerprint density at radius 2 is 1.67 bits per heavy atom. The molecule has 0 radical (unpaired) electrons. The SMILES string of the molecule is CCN(CC)S(=O)(=O)N1CCN(C(=O)OCc2ccccc2)CC1. The van der Waals surface area contributed by atoms with Crippen LogP contribution in [0.4, 0.5) is 4.79 Å². The highest BCUT2D eigenvalue weighted by Gasteiger charge is 2.32. The number of benzene rings is 1. The zero-order chi connectivity index (χ0) is 17.6. The highest BCUT2D eigenvalue weighted by Crippen LogP contribution is 2.13. The summed E-state index contributed by atoms with van der Waals surface area (Å²) in [5.74, 6) is 0. The molecule has 0 unspecified atom stereocenters. The molecule has 0 aromatic heterocycles. The minimum absolute atomic E-state index is 0.220. The van der Waals surface area contributed by atoms with Crippen molar-refractivity contribution < 1.29 is 17.9 Å². The van der Waals surface area contributed by atoms with Gasteiger partial charge in [-0.05, 0) is 5.56 Å². The molecule has 24 heavy (non-hydrogen) atoms. The molecule has 1 aromatic rings. The predicted octanol–water partition coefficient (Wildman–Crippen LogP) is 1.53. The summed E-state index contributed by atoms with van der Waals surface area (Å²) >= 11 is 0. The maximum absolute atomic E-state index is 12.5. The summed E-state index contributed by atoms with van der Waals surface area (Å²) in [6.07, 6.45) is -0.404. The number of ether oxygens (including phenoxy) is 1. The fourth-order valence-corrected chi connectivity index (χ4v) is 4.23. The largest absolute Gasteiger partial charge is 0.445 e. The molecule has 1 aliphatic rings. The van der Waals surface area contributed by atoms with E-state index in [1.165, 1.54) is 8.61 Å². The second kappa shape index (κ2) is 8.46. The summed E-state index contributed by atoms with van der Waals surface area (Å²) in [5.41, 5.74) is 0.925. The molecule has 1 amide bonds. The lowest BCUT2D eigenvalue weighted by atomic mass is 10.2. The van der Waals surface area contributed by atoms with E-state index in [9.17, 15) is 13.2 Å². The molecular formula is C16H25N3O4S. The molecule has 0 saturated carbocycles. The average molecular weight is 355 g/mol. The first-order valence-corrected chi connectivity index (χ1v) is 9.59. The molecule has 134 valence electrons. The Labute approximate surface area is 144 Å². The van der Waals surface area contributed by atoms with Gasteiger partial charge in [0.2, 0.25) is 0 Å². The fourth-order valence-electron chi connectivity index (χ4n) is 2.63. The van der Waals surface area contributed by atoms with E-state index < -0.39 is 16.3 Å². The molecule has 0 aliphatic carbocycles. The third-order valence-electron chi connectivity index (χ3n) is 4.06. The molecule has 1 fully saturated rings. The van der Waals surface area contributed by atoms with Gasteiger partial charge in [0, 0.05) is 39.3 Å². The van der Waals surface area contributed by atoms with Crippen LogP contribution in [0.1, 0.15) is 19.4 Å². The fraction of sp³-hybridized carbons (Fsp3) is 0.562. The molecule has 1 heterocycles. The standard InChI is InChI=1S/C16H25N3O4S/c1-3-18(4-2)24(21,22)19-12-10-17(11-13-19)16(20)23-14-15-8-6-5-7-9-15/h5-9H,3-4,10-14H2,1-2H3. The summed E-state index contributed by atoms with van der Waals surface area (Å²) in [6, 6.07) is 9.46. The van der Waals surface area contributed by atoms with Gasteiger partial charge in [-0.25, -0.2) is 4.79 Å². The molecule has 0 N–H and O–H groups in total. The Morgan fingerprint density at radius 1 is 1.08 bits per heavy atom. The van der Waals surface area contributed by atoms with Crippen LogP contribution in [-0.4, -0.2) is 67.3 Å². The third-order valence-corrected chi connectivity index (χ3v) is 6.25. The summed E-state index contributed by atoms with van der Waals surface area (Å²) in [6.45, 7) is 6.01. The van der Waals surface area contributed by atoms with Crippen LogP contribution in [0.25, 0.3) is 0 Å². The van der Waals surface area contributed by atoms with E-state index in [0.717, 1.165) is 5.56 Å². The van der Waals surface area contributed by atoms with Crippen LogP contribution in [0.5, 0.6) is 0 Å². The average Bonchev–Trinajstić information content (AvgIpc) is 2.61. The van der Waals surface area contributed by atoms with Crippen LogP contribution in [-0.2, 0) is 21.6 Å². The summed E-state index contributed by atoms with van der Waals surface area (Å²) in [5, 5.41) is 0. The molecule has 8 heteroatoms. The first kappa shape index (κ1) is 18.7. The second-order valence-electron chi connectivity index (χ2n) is 5.52. The summed E-state index contributed by atoms with van der Waals surface area (Å²) in [7, 11) is -3.44. The van der Waals surface area contributed by atoms with E-state index in [0.29, 0.717) is 39.3 Å². The summed E-state index contributed by atoms with van der Waals surface area (Å²) < 4.78 is 33.0. The van der Waals surface area contributed by atoms with Gasteiger partial charge >= 0.3 is 6.09 Å². The van der Waals surface area contributed by atoms with Crippen molar-refractivity contribution in [2.45, 2.75) is 20.5 Å². The Balaban J connectivity index is 1.85. The third kappa shape index (κ3) is 4.46. The lowest BCUT2D eigenvalue weighted by Crippen LogP contribution is -2.54. The van der Waals surface area contributed by atoms with Crippen molar-refractivity contribution in [1.29, 1.82) is 0 Å². The van der Waals surface area contributed by atoms with Gasteiger partial charge < -0.3 is 9.64 Å². The molecule has 0 spiro atoms. The van der Waals surface area contributed by atoms with Crippen molar-refractivity contribution in [2.24, 2.45) is 0 Å². The van der Waals surface area contributed by atoms with Crippen molar-refractivity contribution in [3.8, 4) is 0 Å². The first-order valence-electron chi connectivity index (χ1n) is 8.19. The van der Waals surface area contributed by atoms with Crippen molar-refractivity contribution in [3.05, 3.63) is 35.9 Å². The molecule has 1 saturated heterocycles. The minimum atomic E-state index is -3.44. The van der Waals surface area contributed by atoms with Crippen LogP contribution >= 0.6 is 0 Å². The van der Waals surface area contributed by atoms with Crippen LogP contribution in [0.3, 0.4) is 0 Å². The van der Waals surface area contributed by atoms with Crippen molar-refractivity contribution in [3.63, 3.8) is 0 Å². The molecule has 2 rings (SSSR count). The predicted molar refractivity (Wildman–Crippen MR) is 91.6 cm³/mol. The van der Waals surface area contributed by atoms with Gasteiger partial charge in [-0.1, -0.05) is 44.2 Å². The van der Waals surface area contributed by atoms with E-state index in [2.05, 4.69) is 0 Å². The second-order valence-corrected chi connectivity index (χ2v) is 7.45. The number of carbonyl (C=O) groups is 1. The van der Waals surface area contributed by atoms with Gasteiger partial charge in [-0.2, -0.15) is 17.0 Å². The highest BCUT2D eigenvalue weighted by molar-refractivity contribution is 7.86. The highest BCUT2D eigenvalue weighted by atomic mass is 32.2. The zero-order valence-electron chi connectivity index (χ0n) is 14.2. The van der Waals surface area contributed by atoms with Crippen LogP contribution in [0, 0.1) is 0 Å². The number of carbonyl (C=O) groups excluding carboxylic acids is 1. The monoisotopic (exact) mass is 355 g/mol. The zero-order valence-corrected chi connectivity index (χ0v) is 15.0. The maximum Gasteiger partial charge on any atom is 0.410 e. The summed E-state index contributed by atoms with van der Waals surface area (Å²) in [4.78, 5) is 13.7. The lowest BCUT2D eigenvalue weighted by Gasteiger charge is -2.35. The van der Waals surface area contributed by atoms with E-state index in [4.69, 9.17) is 4.74 Å². The number of piperazine rings is 1. The Bertz CT molecular complexity index is 624. The number of amides is 1. The quantitative estimate of drug-likeness (QED) is 0.776. The van der Waals surface area contributed by atoms with E-state index in [1.807, 2.05) is 44.2 Å². The van der Waals surface area contributed by atoms with Crippen LogP contribution < -0.4 is 0 Å². The van der Waals surface area contributed by atoms with Crippen LogP contribution in [0.15, 0.2) is 30.3 Å². The molecular weight excluding hydrogens is 330 g/mol. The van der Waals surface area contributed by atoms with Crippen molar-refractivity contribution in [1.82, 2.24) is 13.5 Å². The lowest BCUT2D eigenvalue weighted by molar-refractivity contribution is 0.0830. The van der Waals surface area contributed by atoms with Gasteiger partial charge in [-0.15, -0.1) is 0 Å². The van der Waals surface area contributed by atoms with E-state index in [1.54, 1.807) is 4.90 Å².